The Bertz CT molecular complexity index is 702. The van der Waals surface area contributed by atoms with E-state index in [9.17, 15) is 4.79 Å². The first-order valence-corrected chi connectivity index (χ1v) is 8.00. The van der Waals surface area contributed by atoms with E-state index >= 15 is 0 Å². The standard InChI is InChI=1S/C17H22N4O2/c1-11-19-20-16(21(11)2)13-4-3-5-15(10-13)18-14-8-6-12(7-9-14)17(22)23/h3-5,10,12,14,18H,6-9H2,1-2H3,(H,22,23). The van der Waals surface area contributed by atoms with Crippen LogP contribution in [0.5, 0.6) is 0 Å². The maximum atomic E-state index is 11.0. The molecule has 2 aromatic rings. The first-order chi connectivity index (χ1) is 11.0. The van der Waals surface area contributed by atoms with Crippen LogP contribution in [-0.2, 0) is 11.8 Å². The number of carboxylic acid groups (broad SMARTS) is 1. The molecule has 2 N–H and O–H groups in total. The van der Waals surface area contributed by atoms with Gasteiger partial charge in [-0.05, 0) is 44.7 Å². The van der Waals surface area contributed by atoms with E-state index in [1.54, 1.807) is 0 Å². The third kappa shape index (κ3) is 3.36. The lowest BCUT2D eigenvalue weighted by atomic mass is 9.86. The number of aryl methyl sites for hydroxylation is 1. The fourth-order valence-electron chi connectivity index (χ4n) is 3.13. The van der Waals surface area contributed by atoms with E-state index in [4.69, 9.17) is 5.11 Å². The molecular weight excluding hydrogens is 292 g/mol. The Hall–Kier alpha value is -2.37. The van der Waals surface area contributed by atoms with Crippen LogP contribution in [0.1, 0.15) is 31.5 Å². The van der Waals surface area contributed by atoms with E-state index < -0.39 is 5.97 Å². The predicted octanol–water partition coefficient (Wildman–Crippen LogP) is 2.85. The van der Waals surface area contributed by atoms with Gasteiger partial charge in [0.2, 0.25) is 0 Å². The fourth-order valence-corrected chi connectivity index (χ4v) is 3.13. The number of carboxylic acids is 1. The molecule has 1 saturated carbocycles. The van der Waals surface area contributed by atoms with Gasteiger partial charge in [-0.2, -0.15) is 0 Å². The summed E-state index contributed by atoms with van der Waals surface area (Å²) in [4.78, 5) is 11.0. The second kappa shape index (κ2) is 6.40. The highest BCUT2D eigenvalue weighted by Crippen LogP contribution is 2.28. The lowest BCUT2D eigenvalue weighted by molar-refractivity contribution is -0.142. The molecule has 1 aliphatic rings. The zero-order valence-corrected chi connectivity index (χ0v) is 13.5. The highest BCUT2D eigenvalue weighted by molar-refractivity contribution is 5.70. The van der Waals surface area contributed by atoms with Crippen LogP contribution in [-0.4, -0.2) is 31.9 Å². The molecule has 3 rings (SSSR count). The number of anilines is 1. The van der Waals surface area contributed by atoms with Crippen LogP contribution < -0.4 is 5.32 Å². The molecule has 23 heavy (non-hydrogen) atoms. The van der Waals surface area contributed by atoms with Crippen LogP contribution in [0.3, 0.4) is 0 Å². The summed E-state index contributed by atoms with van der Waals surface area (Å²) < 4.78 is 1.97. The lowest BCUT2D eigenvalue weighted by Gasteiger charge is -2.27. The van der Waals surface area contributed by atoms with Gasteiger partial charge in [-0.15, -0.1) is 10.2 Å². The molecule has 0 amide bonds. The van der Waals surface area contributed by atoms with Crippen LogP contribution in [0, 0.1) is 12.8 Å². The summed E-state index contributed by atoms with van der Waals surface area (Å²) in [6.07, 6.45) is 3.28. The zero-order chi connectivity index (χ0) is 16.4. The minimum atomic E-state index is -0.664. The summed E-state index contributed by atoms with van der Waals surface area (Å²) in [6, 6.07) is 8.48. The monoisotopic (exact) mass is 314 g/mol. The number of aliphatic carboxylic acids is 1. The Morgan fingerprint density at radius 3 is 2.61 bits per heavy atom. The summed E-state index contributed by atoms with van der Waals surface area (Å²) >= 11 is 0. The van der Waals surface area contributed by atoms with Crippen molar-refractivity contribution in [1.29, 1.82) is 0 Å². The Kier molecular flexibility index (Phi) is 4.32. The Morgan fingerprint density at radius 1 is 1.26 bits per heavy atom. The molecule has 0 bridgehead atoms. The number of carbonyl (C=O) groups is 1. The van der Waals surface area contributed by atoms with Crippen molar-refractivity contribution >= 4 is 11.7 Å². The van der Waals surface area contributed by atoms with Crippen LogP contribution >= 0.6 is 0 Å². The number of hydrogen-bond acceptors (Lipinski definition) is 4. The van der Waals surface area contributed by atoms with Crippen molar-refractivity contribution < 1.29 is 9.90 Å². The van der Waals surface area contributed by atoms with Crippen molar-refractivity contribution in [1.82, 2.24) is 14.8 Å². The van der Waals surface area contributed by atoms with Crippen molar-refractivity contribution in [3.8, 4) is 11.4 Å². The van der Waals surface area contributed by atoms with Gasteiger partial charge in [-0.3, -0.25) is 4.79 Å². The predicted molar refractivity (Wildman–Crippen MR) is 88.2 cm³/mol. The highest BCUT2D eigenvalue weighted by atomic mass is 16.4. The molecule has 1 aliphatic carbocycles. The van der Waals surface area contributed by atoms with Gasteiger partial charge in [-0.1, -0.05) is 12.1 Å². The average Bonchev–Trinajstić information content (AvgIpc) is 2.88. The van der Waals surface area contributed by atoms with Gasteiger partial charge in [0.1, 0.15) is 5.82 Å². The molecule has 6 heteroatoms. The van der Waals surface area contributed by atoms with E-state index in [2.05, 4.69) is 21.6 Å². The van der Waals surface area contributed by atoms with E-state index in [0.717, 1.165) is 48.6 Å². The Balaban J connectivity index is 1.69. The molecule has 0 spiro atoms. The third-order valence-electron chi connectivity index (χ3n) is 4.66. The van der Waals surface area contributed by atoms with Crippen LogP contribution in [0.2, 0.25) is 0 Å². The Labute approximate surface area is 135 Å². The fraction of sp³-hybridized carbons (Fsp3) is 0.471. The van der Waals surface area contributed by atoms with Crippen molar-refractivity contribution in [2.45, 2.75) is 38.6 Å². The summed E-state index contributed by atoms with van der Waals surface area (Å²) in [7, 11) is 1.96. The first-order valence-electron chi connectivity index (χ1n) is 8.00. The van der Waals surface area contributed by atoms with E-state index in [-0.39, 0.29) is 5.92 Å². The van der Waals surface area contributed by atoms with E-state index in [1.807, 2.05) is 36.7 Å². The molecule has 0 unspecified atom stereocenters. The maximum Gasteiger partial charge on any atom is 0.306 e. The third-order valence-corrected chi connectivity index (χ3v) is 4.66. The summed E-state index contributed by atoms with van der Waals surface area (Å²) in [5.41, 5.74) is 2.07. The molecular formula is C17H22N4O2. The van der Waals surface area contributed by atoms with Crippen molar-refractivity contribution in [3.05, 3.63) is 30.1 Å². The number of nitrogens with zero attached hydrogens (tertiary/aromatic N) is 3. The number of rotatable bonds is 4. The zero-order valence-electron chi connectivity index (χ0n) is 13.5. The quantitative estimate of drug-likeness (QED) is 0.907. The van der Waals surface area contributed by atoms with Gasteiger partial charge in [0, 0.05) is 24.3 Å². The van der Waals surface area contributed by atoms with Crippen LogP contribution in [0.25, 0.3) is 11.4 Å². The molecule has 1 aromatic carbocycles. The number of aromatic nitrogens is 3. The Morgan fingerprint density at radius 2 is 2.00 bits per heavy atom. The molecule has 1 aromatic heterocycles. The van der Waals surface area contributed by atoms with Gasteiger partial charge in [0.05, 0.1) is 5.92 Å². The van der Waals surface area contributed by atoms with Gasteiger partial charge >= 0.3 is 5.97 Å². The van der Waals surface area contributed by atoms with E-state index in [1.165, 1.54) is 0 Å². The molecule has 0 saturated heterocycles. The van der Waals surface area contributed by atoms with Gasteiger partial charge in [0.15, 0.2) is 5.82 Å². The van der Waals surface area contributed by atoms with Gasteiger partial charge in [0.25, 0.3) is 0 Å². The molecule has 0 aliphatic heterocycles. The van der Waals surface area contributed by atoms with Crippen molar-refractivity contribution in [3.63, 3.8) is 0 Å². The molecule has 0 atom stereocenters. The highest BCUT2D eigenvalue weighted by Gasteiger charge is 2.25. The van der Waals surface area contributed by atoms with Gasteiger partial charge < -0.3 is 15.0 Å². The number of hydrogen-bond donors (Lipinski definition) is 2. The largest absolute Gasteiger partial charge is 0.481 e. The smallest absolute Gasteiger partial charge is 0.306 e. The molecule has 6 nitrogen and oxygen atoms in total. The first kappa shape index (κ1) is 15.5. The van der Waals surface area contributed by atoms with Crippen LogP contribution in [0.15, 0.2) is 24.3 Å². The molecule has 0 radical (unpaired) electrons. The summed E-state index contributed by atoms with van der Waals surface area (Å²) in [5.74, 6) is 0.884. The lowest BCUT2D eigenvalue weighted by Crippen LogP contribution is -2.29. The summed E-state index contributed by atoms with van der Waals surface area (Å²) in [6.45, 7) is 1.93. The van der Waals surface area contributed by atoms with Gasteiger partial charge in [-0.25, -0.2) is 0 Å². The maximum absolute atomic E-state index is 11.0. The van der Waals surface area contributed by atoms with Crippen LogP contribution in [0.4, 0.5) is 5.69 Å². The molecule has 1 fully saturated rings. The normalized spacial score (nSPS) is 21.1. The van der Waals surface area contributed by atoms with Crippen molar-refractivity contribution in [2.24, 2.45) is 13.0 Å². The topological polar surface area (TPSA) is 80.0 Å². The van der Waals surface area contributed by atoms with Crippen molar-refractivity contribution in [2.75, 3.05) is 5.32 Å². The minimum Gasteiger partial charge on any atom is -0.481 e. The molecule has 122 valence electrons. The molecule has 1 heterocycles. The minimum absolute atomic E-state index is 0.180. The second-order valence-electron chi connectivity index (χ2n) is 6.24. The number of nitrogens with one attached hydrogen (secondary N) is 1. The van der Waals surface area contributed by atoms with E-state index in [0.29, 0.717) is 6.04 Å². The SMILES string of the molecule is Cc1nnc(-c2cccc(NC3CCC(C(=O)O)CC3)c2)n1C. The average molecular weight is 314 g/mol. The second-order valence-corrected chi connectivity index (χ2v) is 6.24. The number of benzene rings is 1. The summed E-state index contributed by atoms with van der Waals surface area (Å²) in [5, 5.41) is 20.9.